The van der Waals surface area contributed by atoms with Crippen molar-refractivity contribution in [2.24, 2.45) is 7.05 Å². The molecule has 0 spiro atoms. The molecule has 0 aliphatic carbocycles. The third-order valence-electron chi connectivity index (χ3n) is 3.92. The van der Waals surface area contributed by atoms with Crippen molar-refractivity contribution in [3.05, 3.63) is 58.6 Å². The Labute approximate surface area is 149 Å². The Morgan fingerprint density at radius 1 is 1.15 bits per heavy atom. The lowest BCUT2D eigenvalue weighted by molar-refractivity contribution is 0.102. The predicted octanol–water partition coefficient (Wildman–Crippen LogP) is 1.63. The molecule has 1 heterocycles. The van der Waals surface area contributed by atoms with E-state index in [2.05, 4.69) is 5.32 Å². The molecular formula is C17H17N3O5S. The smallest absolute Gasteiger partial charge is 0.408 e. The summed E-state index contributed by atoms with van der Waals surface area (Å²) in [4.78, 5) is 24.0. The first kappa shape index (κ1) is 17.9. The van der Waals surface area contributed by atoms with E-state index in [9.17, 15) is 18.0 Å². The second kappa shape index (κ2) is 6.43. The Kier molecular flexibility index (Phi) is 4.43. The molecule has 0 radical (unpaired) electrons. The molecule has 9 heteroatoms. The number of nitrogens with one attached hydrogen (secondary N) is 1. The summed E-state index contributed by atoms with van der Waals surface area (Å²) >= 11 is 0. The summed E-state index contributed by atoms with van der Waals surface area (Å²) in [6.45, 7) is 0. The van der Waals surface area contributed by atoms with Gasteiger partial charge in [-0.1, -0.05) is 6.07 Å². The molecule has 1 N–H and O–H groups in total. The van der Waals surface area contributed by atoms with Gasteiger partial charge in [0.05, 0.1) is 10.4 Å². The van der Waals surface area contributed by atoms with Crippen LogP contribution in [0.5, 0.6) is 0 Å². The molecule has 0 saturated carbocycles. The number of fused-ring (bicyclic) bond motifs is 1. The molecule has 26 heavy (non-hydrogen) atoms. The van der Waals surface area contributed by atoms with Crippen LogP contribution in [0.15, 0.2) is 56.6 Å². The average Bonchev–Trinajstić information content (AvgIpc) is 2.89. The Morgan fingerprint density at radius 3 is 2.58 bits per heavy atom. The quantitative estimate of drug-likeness (QED) is 0.747. The zero-order valence-electron chi connectivity index (χ0n) is 14.4. The highest BCUT2D eigenvalue weighted by Crippen LogP contribution is 2.20. The first-order valence-corrected chi connectivity index (χ1v) is 9.07. The van der Waals surface area contributed by atoms with Gasteiger partial charge in [0.25, 0.3) is 5.91 Å². The van der Waals surface area contributed by atoms with Gasteiger partial charge in [-0.3, -0.25) is 9.36 Å². The Balaban J connectivity index is 1.91. The van der Waals surface area contributed by atoms with Crippen molar-refractivity contribution in [1.29, 1.82) is 0 Å². The summed E-state index contributed by atoms with van der Waals surface area (Å²) in [6.07, 6.45) is 0. The zero-order valence-corrected chi connectivity index (χ0v) is 15.2. The number of benzene rings is 2. The number of aromatic nitrogens is 1. The van der Waals surface area contributed by atoms with Gasteiger partial charge in [0.1, 0.15) is 0 Å². The number of rotatable bonds is 4. The predicted molar refractivity (Wildman–Crippen MR) is 96.7 cm³/mol. The number of sulfonamides is 1. The maximum absolute atomic E-state index is 12.5. The van der Waals surface area contributed by atoms with E-state index in [1.807, 2.05) is 0 Å². The second-order valence-corrected chi connectivity index (χ2v) is 8.03. The number of nitrogens with zero attached hydrogens (tertiary/aromatic N) is 2. The second-order valence-electron chi connectivity index (χ2n) is 5.88. The summed E-state index contributed by atoms with van der Waals surface area (Å²) in [6, 6.07) is 10.6. The first-order valence-electron chi connectivity index (χ1n) is 7.63. The van der Waals surface area contributed by atoms with Gasteiger partial charge < -0.3 is 9.73 Å². The molecule has 3 aromatic rings. The molecule has 0 aliphatic rings. The zero-order chi connectivity index (χ0) is 19.1. The molecule has 0 atom stereocenters. The molecule has 0 saturated heterocycles. The van der Waals surface area contributed by atoms with Crippen molar-refractivity contribution >= 4 is 32.7 Å². The molecule has 1 aromatic heterocycles. The lowest BCUT2D eigenvalue weighted by Crippen LogP contribution is -2.22. The monoisotopic (exact) mass is 375 g/mol. The van der Waals surface area contributed by atoms with Crippen molar-refractivity contribution in [3.63, 3.8) is 0 Å². The van der Waals surface area contributed by atoms with Crippen LogP contribution in [0.3, 0.4) is 0 Å². The molecule has 8 nitrogen and oxygen atoms in total. The van der Waals surface area contributed by atoms with Gasteiger partial charge in [0.15, 0.2) is 5.58 Å². The number of hydrogen-bond donors (Lipinski definition) is 1. The molecule has 0 aliphatic heterocycles. The molecular weight excluding hydrogens is 358 g/mol. The lowest BCUT2D eigenvalue weighted by atomic mass is 10.2. The van der Waals surface area contributed by atoms with Gasteiger partial charge in [0, 0.05) is 32.4 Å². The molecule has 136 valence electrons. The highest BCUT2D eigenvalue weighted by Gasteiger charge is 2.19. The molecule has 3 rings (SSSR count). The van der Waals surface area contributed by atoms with E-state index >= 15 is 0 Å². The summed E-state index contributed by atoms with van der Waals surface area (Å²) < 4.78 is 31.9. The topological polar surface area (TPSA) is 102 Å². The van der Waals surface area contributed by atoms with Crippen LogP contribution in [0, 0.1) is 0 Å². The number of anilines is 1. The summed E-state index contributed by atoms with van der Waals surface area (Å²) in [5, 5.41) is 2.69. The fourth-order valence-corrected chi connectivity index (χ4v) is 3.36. The minimum Gasteiger partial charge on any atom is -0.408 e. The van der Waals surface area contributed by atoms with E-state index in [1.165, 1.54) is 42.9 Å². The first-order chi connectivity index (χ1) is 12.2. The number of hydrogen-bond acceptors (Lipinski definition) is 5. The highest BCUT2D eigenvalue weighted by molar-refractivity contribution is 7.89. The average molecular weight is 375 g/mol. The Morgan fingerprint density at radius 2 is 1.88 bits per heavy atom. The van der Waals surface area contributed by atoms with Crippen LogP contribution in [0.2, 0.25) is 0 Å². The van der Waals surface area contributed by atoms with Crippen LogP contribution in [0.4, 0.5) is 5.69 Å². The summed E-state index contributed by atoms with van der Waals surface area (Å²) in [5.74, 6) is -0.960. The fraction of sp³-hybridized carbons (Fsp3) is 0.176. The molecule has 1 amide bonds. The Hall–Kier alpha value is -2.91. The molecule has 0 unspecified atom stereocenters. The van der Waals surface area contributed by atoms with Crippen LogP contribution in [0.25, 0.3) is 11.1 Å². The van der Waals surface area contributed by atoms with Gasteiger partial charge in [-0.05, 0) is 36.4 Å². The molecule has 0 bridgehead atoms. The van der Waals surface area contributed by atoms with Gasteiger partial charge in [-0.25, -0.2) is 17.5 Å². The number of aryl methyl sites for hydroxylation is 1. The van der Waals surface area contributed by atoms with Crippen LogP contribution in [-0.2, 0) is 17.1 Å². The molecule has 0 fully saturated rings. The third kappa shape index (κ3) is 3.14. The standard InChI is InChI=1S/C17H17N3O5S/c1-19(2)26(23,24)13-6-4-5-11(9-13)16(21)18-12-7-8-15-14(10-12)20(3)17(22)25-15/h4-10H,1-3H3,(H,18,21). The van der Waals surface area contributed by atoms with E-state index in [-0.39, 0.29) is 10.5 Å². The Bertz CT molecular complexity index is 1160. The summed E-state index contributed by atoms with van der Waals surface area (Å²) in [5.41, 5.74) is 1.61. The largest absolute Gasteiger partial charge is 0.419 e. The summed E-state index contributed by atoms with van der Waals surface area (Å²) in [7, 11) is 0.776. The fourth-order valence-electron chi connectivity index (χ4n) is 2.42. The third-order valence-corrected chi connectivity index (χ3v) is 5.74. The van der Waals surface area contributed by atoms with Crippen LogP contribution in [0.1, 0.15) is 10.4 Å². The number of oxazole rings is 1. The number of carbonyl (C=O) groups excluding carboxylic acids is 1. The van der Waals surface area contributed by atoms with Crippen molar-refractivity contribution < 1.29 is 17.6 Å². The van der Waals surface area contributed by atoms with Crippen LogP contribution >= 0.6 is 0 Å². The van der Waals surface area contributed by atoms with Crippen molar-refractivity contribution in [2.45, 2.75) is 4.90 Å². The van der Waals surface area contributed by atoms with Gasteiger partial charge in [0.2, 0.25) is 10.0 Å². The maximum atomic E-state index is 12.5. The normalized spacial score (nSPS) is 11.8. The van der Waals surface area contributed by atoms with Crippen LogP contribution < -0.4 is 11.1 Å². The van der Waals surface area contributed by atoms with Crippen molar-refractivity contribution in [2.75, 3.05) is 19.4 Å². The molecule has 2 aromatic carbocycles. The lowest BCUT2D eigenvalue weighted by Gasteiger charge is -2.12. The SMILES string of the molecule is CN(C)S(=O)(=O)c1cccc(C(=O)Nc2ccc3oc(=O)n(C)c3c2)c1. The van der Waals surface area contributed by atoms with Crippen molar-refractivity contribution in [1.82, 2.24) is 8.87 Å². The minimum atomic E-state index is -3.63. The van der Waals surface area contributed by atoms with Gasteiger partial charge in [-0.15, -0.1) is 0 Å². The van der Waals surface area contributed by atoms with E-state index in [0.29, 0.717) is 16.8 Å². The van der Waals surface area contributed by atoms with E-state index in [1.54, 1.807) is 25.2 Å². The maximum Gasteiger partial charge on any atom is 0.419 e. The van der Waals surface area contributed by atoms with E-state index < -0.39 is 21.7 Å². The number of amides is 1. The van der Waals surface area contributed by atoms with E-state index in [4.69, 9.17) is 4.42 Å². The van der Waals surface area contributed by atoms with Gasteiger partial charge >= 0.3 is 5.76 Å². The highest BCUT2D eigenvalue weighted by atomic mass is 32.2. The van der Waals surface area contributed by atoms with Crippen molar-refractivity contribution in [3.8, 4) is 0 Å². The minimum absolute atomic E-state index is 0.0304. The number of carbonyl (C=O) groups is 1. The van der Waals surface area contributed by atoms with Crippen LogP contribution in [-0.4, -0.2) is 37.3 Å². The van der Waals surface area contributed by atoms with E-state index in [0.717, 1.165) is 4.31 Å². The van der Waals surface area contributed by atoms with Gasteiger partial charge in [-0.2, -0.15) is 0 Å².